The Morgan fingerprint density at radius 1 is 1.09 bits per heavy atom. The van der Waals surface area contributed by atoms with Crippen molar-refractivity contribution in [1.29, 1.82) is 0 Å². The van der Waals surface area contributed by atoms with Crippen molar-refractivity contribution in [3.63, 3.8) is 0 Å². The average molecular weight is 639 g/mol. The minimum absolute atomic E-state index is 0.158. The molecule has 2 atom stereocenters. The van der Waals surface area contributed by atoms with E-state index in [0.717, 1.165) is 37.4 Å². The van der Waals surface area contributed by atoms with Crippen LogP contribution in [-0.2, 0) is 11.3 Å². The quantitative estimate of drug-likeness (QED) is 0.182. The maximum Gasteiger partial charge on any atom is 0.319 e. The van der Waals surface area contributed by atoms with Gasteiger partial charge in [-0.25, -0.2) is 18.6 Å². The van der Waals surface area contributed by atoms with Gasteiger partial charge in [0.05, 0.1) is 17.9 Å². The number of anilines is 1. The van der Waals surface area contributed by atoms with E-state index in [0.29, 0.717) is 55.8 Å². The van der Waals surface area contributed by atoms with Crippen LogP contribution in [0, 0.1) is 11.6 Å². The van der Waals surface area contributed by atoms with E-state index in [1.165, 1.54) is 0 Å². The van der Waals surface area contributed by atoms with Gasteiger partial charge in [-0.2, -0.15) is 0 Å². The molecule has 0 aliphatic carbocycles. The zero-order valence-electron chi connectivity index (χ0n) is 26.0. The van der Waals surface area contributed by atoms with Gasteiger partial charge in [-0.3, -0.25) is 14.5 Å². The highest BCUT2D eigenvalue weighted by Gasteiger charge is 2.29. The number of likely N-dealkylation sites (tertiary alicyclic amines) is 1. The monoisotopic (exact) mass is 638 g/mol. The van der Waals surface area contributed by atoms with E-state index in [1.807, 2.05) is 6.07 Å². The Morgan fingerprint density at radius 3 is 2.54 bits per heavy atom. The fourth-order valence-electron chi connectivity index (χ4n) is 5.32. The molecule has 46 heavy (non-hydrogen) atoms. The summed E-state index contributed by atoms with van der Waals surface area (Å²) in [4.78, 5) is 43.1. The fraction of sp³-hybridized carbons (Fsp3) is 0.394. The van der Waals surface area contributed by atoms with E-state index >= 15 is 0 Å². The van der Waals surface area contributed by atoms with Crippen LogP contribution in [0.2, 0.25) is 0 Å². The Morgan fingerprint density at radius 2 is 1.87 bits per heavy atom. The van der Waals surface area contributed by atoms with E-state index < -0.39 is 29.1 Å². The van der Waals surface area contributed by atoms with Crippen LogP contribution in [0.1, 0.15) is 65.3 Å². The van der Waals surface area contributed by atoms with Crippen molar-refractivity contribution in [3.8, 4) is 11.6 Å². The van der Waals surface area contributed by atoms with Crippen molar-refractivity contribution in [2.45, 2.75) is 57.7 Å². The van der Waals surface area contributed by atoms with Gasteiger partial charge in [0.1, 0.15) is 17.4 Å². The van der Waals surface area contributed by atoms with E-state index in [9.17, 15) is 23.2 Å². The molecule has 0 spiro atoms. The molecule has 0 radical (unpaired) electrons. The number of piperidine rings is 1. The summed E-state index contributed by atoms with van der Waals surface area (Å²) in [5.41, 5.74) is 5.84. The summed E-state index contributed by atoms with van der Waals surface area (Å²) in [5.74, 6) is -2.36. The van der Waals surface area contributed by atoms with Crippen LogP contribution >= 0.6 is 0 Å². The summed E-state index contributed by atoms with van der Waals surface area (Å²) < 4.78 is 38.9. The molecular weight excluding hydrogens is 598 g/mol. The molecule has 1 fully saturated rings. The van der Waals surface area contributed by atoms with Crippen LogP contribution in [0.25, 0.3) is 0 Å². The highest BCUT2D eigenvalue weighted by atomic mass is 19.1. The van der Waals surface area contributed by atoms with Gasteiger partial charge in [0.2, 0.25) is 5.88 Å². The molecule has 2 aromatic carbocycles. The maximum atomic E-state index is 14.2. The number of aromatic nitrogens is 1. The fourth-order valence-corrected chi connectivity index (χ4v) is 5.32. The molecule has 2 heterocycles. The SMILES string of the molecule is CCCCC1CC(NC(=O)Nc2cc(C(N)=O)c(F)cc2F)CCN1Cc1ccc(Oc2ccc(C(=O)NCCOC)cc2)nc1. The van der Waals surface area contributed by atoms with E-state index in [1.54, 1.807) is 43.6 Å². The van der Waals surface area contributed by atoms with Crippen molar-refractivity contribution >= 4 is 23.5 Å². The molecule has 1 aromatic heterocycles. The first-order valence-corrected chi connectivity index (χ1v) is 15.3. The number of nitrogens with two attached hydrogens (primary N) is 1. The molecular formula is C33H40F2N6O5. The summed E-state index contributed by atoms with van der Waals surface area (Å²) in [6.45, 7) is 4.39. The van der Waals surface area contributed by atoms with Crippen molar-refractivity contribution in [3.05, 3.63) is 83.1 Å². The number of hydrogen-bond donors (Lipinski definition) is 4. The van der Waals surface area contributed by atoms with Gasteiger partial charge >= 0.3 is 6.03 Å². The highest BCUT2D eigenvalue weighted by Crippen LogP contribution is 2.26. The molecule has 4 rings (SSSR count). The van der Waals surface area contributed by atoms with Gasteiger partial charge in [-0.1, -0.05) is 25.8 Å². The molecule has 0 saturated carbocycles. The van der Waals surface area contributed by atoms with Crippen LogP contribution in [-0.4, -0.2) is 66.6 Å². The number of amides is 4. The molecule has 11 nitrogen and oxygen atoms in total. The summed E-state index contributed by atoms with van der Waals surface area (Å²) >= 11 is 0. The predicted octanol–water partition coefficient (Wildman–Crippen LogP) is 4.97. The Balaban J connectivity index is 1.31. The standard InChI is InChI=1S/C33H40F2N6O5/c1-3-4-5-24-16-23(39-33(44)40-29-17-26(31(36)42)27(34)18-28(29)35)12-14-41(24)20-21-6-11-30(38-19-21)46-25-9-7-22(8-10-25)32(43)37-13-15-45-2/h6-11,17-19,23-24H,3-5,12-16,20H2,1-2H3,(H2,36,42)(H,37,43)(H2,39,40,44). The number of hydrogen-bond acceptors (Lipinski definition) is 7. The number of ether oxygens (including phenoxy) is 2. The van der Waals surface area contributed by atoms with Crippen LogP contribution < -0.4 is 26.4 Å². The molecule has 246 valence electrons. The number of benzene rings is 2. The number of pyridine rings is 1. The Hall–Kier alpha value is -4.62. The molecule has 3 aromatic rings. The first-order chi connectivity index (χ1) is 22.2. The Kier molecular flexibility index (Phi) is 12.4. The number of rotatable bonds is 14. The lowest BCUT2D eigenvalue weighted by molar-refractivity contribution is 0.0936. The summed E-state index contributed by atoms with van der Waals surface area (Å²) in [6.07, 6.45) is 6.14. The predicted molar refractivity (Wildman–Crippen MR) is 169 cm³/mol. The van der Waals surface area contributed by atoms with Crippen LogP contribution in [0.5, 0.6) is 11.6 Å². The second-order valence-corrected chi connectivity index (χ2v) is 11.1. The lowest BCUT2D eigenvalue weighted by Gasteiger charge is -2.40. The molecule has 2 unspecified atom stereocenters. The largest absolute Gasteiger partial charge is 0.439 e. The number of urea groups is 1. The smallest absolute Gasteiger partial charge is 0.319 e. The molecule has 1 saturated heterocycles. The van der Waals surface area contributed by atoms with Gasteiger partial charge in [0.25, 0.3) is 11.8 Å². The second-order valence-electron chi connectivity index (χ2n) is 11.1. The minimum Gasteiger partial charge on any atom is -0.439 e. The zero-order valence-corrected chi connectivity index (χ0v) is 26.0. The normalized spacial score (nSPS) is 16.4. The summed E-state index contributed by atoms with van der Waals surface area (Å²) in [7, 11) is 1.57. The van der Waals surface area contributed by atoms with Gasteiger partial charge in [-0.15, -0.1) is 0 Å². The van der Waals surface area contributed by atoms with Crippen LogP contribution in [0.4, 0.5) is 19.3 Å². The van der Waals surface area contributed by atoms with E-state index in [-0.39, 0.29) is 23.7 Å². The molecule has 4 amide bonds. The topological polar surface area (TPSA) is 148 Å². The number of carbonyl (C=O) groups is 3. The highest BCUT2D eigenvalue weighted by molar-refractivity contribution is 5.96. The zero-order chi connectivity index (χ0) is 33.1. The first-order valence-electron chi connectivity index (χ1n) is 15.3. The number of methoxy groups -OCH3 is 1. The number of halogens is 2. The van der Waals surface area contributed by atoms with Gasteiger partial charge in [0.15, 0.2) is 0 Å². The van der Waals surface area contributed by atoms with Crippen LogP contribution in [0.3, 0.4) is 0 Å². The number of nitrogens with zero attached hydrogens (tertiary/aromatic N) is 2. The Bertz CT molecular complexity index is 1490. The van der Waals surface area contributed by atoms with Gasteiger partial charge in [-0.05, 0) is 55.2 Å². The number of nitrogens with one attached hydrogen (secondary N) is 3. The maximum absolute atomic E-state index is 14.2. The minimum atomic E-state index is -1.09. The van der Waals surface area contributed by atoms with Crippen molar-refractivity contribution in [2.75, 3.05) is 32.1 Å². The average Bonchev–Trinajstić information content (AvgIpc) is 3.03. The lowest BCUT2D eigenvalue weighted by atomic mass is 9.93. The lowest BCUT2D eigenvalue weighted by Crippen LogP contribution is -2.50. The van der Waals surface area contributed by atoms with Gasteiger partial charge in [0, 0.05) is 62.7 Å². The molecule has 1 aliphatic heterocycles. The van der Waals surface area contributed by atoms with Crippen molar-refractivity contribution < 1.29 is 32.6 Å². The van der Waals surface area contributed by atoms with E-state index in [4.69, 9.17) is 15.2 Å². The summed E-state index contributed by atoms with van der Waals surface area (Å²) in [6, 6.07) is 11.4. The first kappa shape index (κ1) is 34.3. The molecule has 0 bridgehead atoms. The number of primary amides is 1. The molecule has 5 N–H and O–H groups in total. The summed E-state index contributed by atoms with van der Waals surface area (Å²) in [5, 5.41) is 8.04. The third-order valence-electron chi connectivity index (χ3n) is 7.75. The van der Waals surface area contributed by atoms with Crippen molar-refractivity contribution in [2.24, 2.45) is 5.73 Å². The third-order valence-corrected chi connectivity index (χ3v) is 7.75. The molecule has 13 heteroatoms. The van der Waals surface area contributed by atoms with Crippen molar-refractivity contribution in [1.82, 2.24) is 20.5 Å². The van der Waals surface area contributed by atoms with E-state index in [2.05, 4.69) is 32.8 Å². The van der Waals surface area contributed by atoms with Gasteiger partial charge < -0.3 is 31.2 Å². The van der Waals surface area contributed by atoms with Crippen LogP contribution in [0.15, 0.2) is 54.7 Å². The number of carbonyl (C=O) groups excluding carboxylic acids is 3. The molecule has 1 aliphatic rings. The third kappa shape index (κ3) is 9.69. The second kappa shape index (κ2) is 16.6. The number of unbranched alkanes of at least 4 members (excludes halogenated alkanes) is 1. The Labute approximate surface area is 266 Å².